The molecule has 1 aliphatic heterocycles. The number of anilines is 3. The van der Waals surface area contributed by atoms with E-state index in [9.17, 15) is 22.0 Å². The van der Waals surface area contributed by atoms with Crippen LogP contribution in [0.2, 0.25) is 0 Å². The highest BCUT2D eigenvalue weighted by Crippen LogP contribution is 2.25. The molecule has 4 nitrogen and oxygen atoms in total. The van der Waals surface area contributed by atoms with E-state index in [-0.39, 0.29) is 11.4 Å². The van der Waals surface area contributed by atoms with Crippen molar-refractivity contribution in [2.75, 3.05) is 16.0 Å². The molecule has 9 heteroatoms. The van der Waals surface area contributed by atoms with Gasteiger partial charge in [0.05, 0.1) is 0 Å². The molecule has 0 amide bonds. The minimum atomic E-state index is -1.57. The third-order valence-electron chi connectivity index (χ3n) is 4.20. The van der Waals surface area contributed by atoms with Gasteiger partial charge >= 0.3 is 0 Å². The van der Waals surface area contributed by atoms with Gasteiger partial charge in [0.25, 0.3) is 0 Å². The summed E-state index contributed by atoms with van der Waals surface area (Å²) in [5, 5.41) is 8.68. The van der Waals surface area contributed by atoms with Gasteiger partial charge in [-0.05, 0) is 24.3 Å². The zero-order chi connectivity index (χ0) is 20.5. The fraction of sp³-hybridized carbons (Fsp3) is 0.0500. The van der Waals surface area contributed by atoms with E-state index in [4.69, 9.17) is 0 Å². The molecule has 3 aromatic carbocycles. The number of para-hydroxylation sites is 1. The van der Waals surface area contributed by atoms with Crippen LogP contribution in [0.1, 0.15) is 5.56 Å². The van der Waals surface area contributed by atoms with E-state index in [1.807, 2.05) is 0 Å². The predicted octanol–water partition coefficient (Wildman–Crippen LogP) is 5.06. The zero-order valence-electron chi connectivity index (χ0n) is 14.6. The Hall–Kier alpha value is -3.62. The molecule has 29 heavy (non-hydrogen) atoms. The fourth-order valence-corrected chi connectivity index (χ4v) is 2.87. The molecule has 1 atom stereocenters. The molecular formula is C20H13F5N4. The minimum absolute atomic E-state index is 0.0331. The van der Waals surface area contributed by atoms with Crippen LogP contribution >= 0.6 is 0 Å². The van der Waals surface area contributed by atoms with Gasteiger partial charge in [-0.15, -0.1) is 0 Å². The van der Waals surface area contributed by atoms with Gasteiger partial charge < -0.3 is 16.0 Å². The summed E-state index contributed by atoms with van der Waals surface area (Å²) >= 11 is 0. The van der Waals surface area contributed by atoms with E-state index in [1.54, 1.807) is 24.3 Å². The highest BCUT2D eigenvalue weighted by Gasteiger charge is 2.21. The molecular weight excluding hydrogens is 391 g/mol. The summed E-state index contributed by atoms with van der Waals surface area (Å²) in [6, 6.07) is 11.9. The average Bonchev–Trinajstić information content (AvgIpc) is 2.69. The van der Waals surface area contributed by atoms with E-state index < -0.39 is 35.4 Å². The highest BCUT2D eigenvalue weighted by molar-refractivity contribution is 6.12. The first kappa shape index (κ1) is 18.7. The molecule has 0 bridgehead atoms. The molecule has 1 heterocycles. The number of halogens is 5. The summed E-state index contributed by atoms with van der Waals surface area (Å²) in [5.74, 6) is -5.94. The molecule has 3 aromatic rings. The van der Waals surface area contributed by atoms with E-state index in [1.165, 1.54) is 6.07 Å². The maximum Gasteiger partial charge on any atom is 0.196 e. The van der Waals surface area contributed by atoms with Crippen LogP contribution in [0.25, 0.3) is 0 Å². The number of nitrogens with zero attached hydrogens (tertiary/aromatic N) is 1. The van der Waals surface area contributed by atoms with E-state index in [2.05, 4.69) is 20.9 Å². The maximum atomic E-state index is 13.5. The number of aliphatic imine (C=N–C) groups is 1. The smallest absolute Gasteiger partial charge is 0.196 e. The van der Waals surface area contributed by atoms with Crippen molar-refractivity contribution in [1.29, 1.82) is 0 Å². The highest BCUT2D eigenvalue weighted by atomic mass is 19.2. The summed E-state index contributed by atoms with van der Waals surface area (Å²) in [4.78, 5) is 4.38. The lowest BCUT2D eigenvalue weighted by Crippen LogP contribution is -2.34. The summed E-state index contributed by atoms with van der Waals surface area (Å²) in [6.45, 7) is 0. The topological polar surface area (TPSA) is 48.5 Å². The van der Waals surface area contributed by atoms with Crippen molar-refractivity contribution in [3.05, 3.63) is 89.2 Å². The van der Waals surface area contributed by atoms with Crippen LogP contribution in [0, 0.1) is 29.1 Å². The van der Waals surface area contributed by atoms with Crippen molar-refractivity contribution in [2.24, 2.45) is 4.99 Å². The van der Waals surface area contributed by atoms with Gasteiger partial charge in [-0.1, -0.05) is 12.1 Å². The first-order valence-corrected chi connectivity index (χ1v) is 8.47. The lowest BCUT2D eigenvalue weighted by Gasteiger charge is -2.27. The van der Waals surface area contributed by atoms with E-state index in [0.29, 0.717) is 17.1 Å². The van der Waals surface area contributed by atoms with Crippen molar-refractivity contribution in [3.8, 4) is 0 Å². The molecule has 0 spiro atoms. The minimum Gasteiger partial charge on any atom is -0.347 e. The van der Waals surface area contributed by atoms with Crippen LogP contribution < -0.4 is 16.0 Å². The quantitative estimate of drug-likeness (QED) is 0.422. The Balaban J connectivity index is 1.66. The van der Waals surface area contributed by atoms with Gasteiger partial charge in [0.1, 0.15) is 5.84 Å². The van der Waals surface area contributed by atoms with Crippen LogP contribution in [0.3, 0.4) is 0 Å². The molecule has 0 radical (unpaired) electrons. The third-order valence-corrected chi connectivity index (χ3v) is 4.20. The number of hydrogen-bond acceptors (Lipinski definition) is 4. The number of amidine groups is 1. The first-order chi connectivity index (χ1) is 13.9. The SMILES string of the molecule is Fc1ccc(NC2=NC(Nc3cc(F)c(F)c(F)c3)Nc3ccccc32)cc1F. The van der Waals surface area contributed by atoms with Gasteiger partial charge in [0, 0.05) is 40.8 Å². The number of rotatable bonds is 3. The van der Waals surface area contributed by atoms with Crippen molar-refractivity contribution in [2.45, 2.75) is 6.29 Å². The Morgan fingerprint density at radius 1 is 0.759 bits per heavy atom. The zero-order valence-corrected chi connectivity index (χ0v) is 14.6. The Morgan fingerprint density at radius 2 is 1.45 bits per heavy atom. The second kappa shape index (κ2) is 7.42. The molecule has 1 aliphatic rings. The van der Waals surface area contributed by atoms with Gasteiger partial charge in [-0.3, -0.25) is 0 Å². The van der Waals surface area contributed by atoms with Crippen LogP contribution in [-0.2, 0) is 0 Å². The Labute approximate surface area is 162 Å². The van der Waals surface area contributed by atoms with Crippen LogP contribution in [-0.4, -0.2) is 12.1 Å². The fourth-order valence-electron chi connectivity index (χ4n) is 2.87. The average molecular weight is 404 g/mol. The van der Waals surface area contributed by atoms with Gasteiger partial charge in [0.15, 0.2) is 35.4 Å². The first-order valence-electron chi connectivity index (χ1n) is 8.47. The van der Waals surface area contributed by atoms with Crippen LogP contribution in [0.5, 0.6) is 0 Å². The standard InChI is InChI=1S/C20H13F5N4/c21-13-6-5-10(7-14(13)22)26-19-12-3-1-2-4-17(12)28-20(29-19)27-11-8-15(23)18(25)16(24)9-11/h1-9,20,27-28H,(H,26,29). The summed E-state index contributed by atoms with van der Waals surface area (Å²) in [6.07, 6.45) is -0.873. The number of nitrogens with one attached hydrogen (secondary N) is 3. The summed E-state index contributed by atoms with van der Waals surface area (Å²) < 4.78 is 66.8. The largest absolute Gasteiger partial charge is 0.347 e. The third kappa shape index (κ3) is 3.84. The molecule has 0 aromatic heterocycles. The maximum absolute atomic E-state index is 13.5. The Kier molecular flexibility index (Phi) is 4.79. The molecule has 0 saturated heterocycles. The molecule has 0 aliphatic carbocycles. The monoisotopic (exact) mass is 404 g/mol. The van der Waals surface area contributed by atoms with Crippen molar-refractivity contribution >= 4 is 22.9 Å². The summed E-state index contributed by atoms with van der Waals surface area (Å²) in [5.41, 5.74) is 1.51. The molecule has 148 valence electrons. The Bertz CT molecular complexity index is 1090. The second-order valence-electron chi connectivity index (χ2n) is 6.22. The van der Waals surface area contributed by atoms with Gasteiger partial charge in [0.2, 0.25) is 0 Å². The molecule has 4 rings (SSSR count). The van der Waals surface area contributed by atoms with Crippen molar-refractivity contribution in [3.63, 3.8) is 0 Å². The predicted molar refractivity (Wildman–Crippen MR) is 100 cm³/mol. The Morgan fingerprint density at radius 3 is 2.17 bits per heavy atom. The molecule has 1 unspecified atom stereocenters. The summed E-state index contributed by atoms with van der Waals surface area (Å²) in [7, 11) is 0. The number of hydrogen-bond donors (Lipinski definition) is 3. The van der Waals surface area contributed by atoms with Crippen molar-refractivity contribution < 1.29 is 22.0 Å². The van der Waals surface area contributed by atoms with E-state index >= 15 is 0 Å². The normalized spacial score (nSPS) is 15.2. The lowest BCUT2D eigenvalue weighted by atomic mass is 10.1. The van der Waals surface area contributed by atoms with Crippen LogP contribution in [0.4, 0.5) is 39.0 Å². The van der Waals surface area contributed by atoms with Crippen molar-refractivity contribution in [1.82, 2.24) is 0 Å². The van der Waals surface area contributed by atoms with Gasteiger partial charge in [-0.25, -0.2) is 26.9 Å². The van der Waals surface area contributed by atoms with Crippen LogP contribution in [0.15, 0.2) is 59.6 Å². The van der Waals surface area contributed by atoms with E-state index in [0.717, 1.165) is 24.3 Å². The number of benzene rings is 3. The molecule has 3 N–H and O–H groups in total. The van der Waals surface area contributed by atoms with Gasteiger partial charge in [-0.2, -0.15) is 0 Å². The lowest BCUT2D eigenvalue weighted by molar-refractivity contribution is 0.447. The number of fused-ring (bicyclic) bond motifs is 1. The molecule has 0 saturated carbocycles. The molecule has 0 fully saturated rings. The second-order valence-corrected chi connectivity index (χ2v) is 6.22.